The van der Waals surface area contributed by atoms with Crippen LogP contribution in [0.5, 0.6) is 0 Å². The van der Waals surface area contributed by atoms with Gasteiger partial charge in [0.25, 0.3) is 0 Å². The Morgan fingerprint density at radius 2 is 2.12 bits per heavy atom. The van der Waals surface area contributed by atoms with Crippen LogP contribution < -0.4 is 16.4 Å². The Morgan fingerprint density at radius 1 is 1.33 bits per heavy atom. The summed E-state index contributed by atoms with van der Waals surface area (Å²) in [5.41, 5.74) is 10.1. The van der Waals surface area contributed by atoms with Gasteiger partial charge in [-0.25, -0.2) is 4.98 Å². The molecule has 1 fully saturated rings. The largest absolute Gasteiger partial charge is 0.382 e. The fourth-order valence-corrected chi connectivity index (χ4v) is 4.54. The van der Waals surface area contributed by atoms with Crippen molar-refractivity contribution in [3.8, 4) is 6.07 Å². The van der Waals surface area contributed by atoms with Crippen LogP contribution >= 0.6 is 0 Å². The summed E-state index contributed by atoms with van der Waals surface area (Å²) in [7, 11) is -0.776. The molecule has 1 saturated carbocycles. The average Bonchev–Trinajstić information content (AvgIpc) is 3.28. The number of aryl methyl sites for hydroxylation is 2. The zero-order chi connectivity index (χ0) is 23.6. The first-order chi connectivity index (χ1) is 15.9. The number of nitriles is 1. The number of hydrogen-bond donors (Lipinski definition) is 3. The Labute approximate surface area is 196 Å². The molecule has 4 rings (SSSR count). The molecule has 1 atom stereocenters. The zero-order valence-electron chi connectivity index (χ0n) is 19.4. The van der Waals surface area contributed by atoms with Gasteiger partial charge in [0.15, 0.2) is 5.65 Å². The fourth-order valence-electron chi connectivity index (χ4n) is 4.11. The van der Waals surface area contributed by atoms with Crippen LogP contribution in [-0.4, -0.2) is 60.2 Å². The van der Waals surface area contributed by atoms with Crippen molar-refractivity contribution >= 4 is 28.1 Å². The molecule has 0 bridgehead atoms. The minimum atomic E-state index is -0.776. The lowest BCUT2D eigenvalue weighted by atomic mass is 10.2. The third kappa shape index (κ3) is 4.72. The van der Waals surface area contributed by atoms with E-state index in [2.05, 4.69) is 38.4 Å². The molecule has 0 aromatic carbocycles. The molecule has 3 aromatic rings. The predicted octanol–water partition coefficient (Wildman–Crippen LogP) is 1.36. The van der Waals surface area contributed by atoms with E-state index in [1.54, 1.807) is 10.8 Å². The number of nitrogens with zero attached hydrogens (tertiary/aromatic N) is 6. The van der Waals surface area contributed by atoms with Crippen molar-refractivity contribution in [3.63, 3.8) is 0 Å². The summed E-state index contributed by atoms with van der Waals surface area (Å²) >= 11 is 0. The van der Waals surface area contributed by atoms with Crippen LogP contribution in [0.25, 0.3) is 5.65 Å². The molecule has 0 amide bonds. The molecule has 0 saturated heterocycles. The van der Waals surface area contributed by atoms with Crippen LogP contribution in [0, 0.1) is 18.3 Å². The number of hydrogen-bond acceptors (Lipinski definition) is 8. The maximum atomic E-state index is 11.2. The molecule has 176 valence electrons. The molecule has 0 aliphatic heterocycles. The maximum Gasteiger partial charge on any atom is 0.163 e. The summed E-state index contributed by atoms with van der Waals surface area (Å²) < 4.78 is 14.8. The van der Waals surface area contributed by atoms with Crippen LogP contribution in [0.15, 0.2) is 12.3 Å². The number of nitrogens with two attached hydrogens (primary N) is 1. The highest BCUT2D eigenvalue weighted by Crippen LogP contribution is 2.42. The lowest BCUT2D eigenvalue weighted by Crippen LogP contribution is -2.34. The van der Waals surface area contributed by atoms with E-state index < -0.39 is 10.8 Å². The summed E-state index contributed by atoms with van der Waals surface area (Å²) in [5, 5.41) is 25.6. The Hall–Kier alpha value is -2.97. The van der Waals surface area contributed by atoms with Gasteiger partial charge in [-0.1, -0.05) is 6.92 Å². The van der Waals surface area contributed by atoms with Gasteiger partial charge in [-0.15, -0.1) is 0 Å². The second-order valence-corrected chi connectivity index (χ2v) is 10.1. The maximum absolute atomic E-state index is 11.2. The number of rotatable bonds is 11. The van der Waals surface area contributed by atoms with Gasteiger partial charge < -0.3 is 16.4 Å². The molecular weight excluding hydrogens is 438 g/mol. The molecule has 1 aliphatic rings. The number of aromatic nitrogens is 5. The van der Waals surface area contributed by atoms with Crippen LogP contribution in [0.1, 0.15) is 42.3 Å². The summed E-state index contributed by atoms with van der Waals surface area (Å²) in [6.45, 7) is 6.14. The van der Waals surface area contributed by atoms with Crippen molar-refractivity contribution in [2.45, 2.75) is 45.1 Å². The smallest absolute Gasteiger partial charge is 0.163 e. The SMILES string of the molecule is CCc1c(C)nn2c(N)c(C#N)c(NCCc3ccn(C4(CNCCS(C)=O)CC4)n3)nc12. The monoisotopic (exact) mass is 469 g/mol. The first kappa shape index (κ1) is 23.2. The van der Waals surface area contributed by atoms with Crippen LogP contribution in [0.2, 0.25) is 0 Å². The van der Waals surface area contributed by atoms with E-state index in [1.165, 1.54) is 0 Å². The first-order valence-corrected chi connectivity index (χ1v) is 13.0. The Kier molecular flexibility index (Phi) is 6.67. The van der Waals surface area contributed by atoms with E-state index in [4.69, 9.17) is 10.8 Å². The van der Waals surface area contributed by atoms with Gasteiger partial charge in [-0.3, -0.25) is 8.89 Å². The number of nitrogen functional groups attached to an aromatic ring is 1. The van der Waals surface area contributed by atoms with E-state index in [9.17, 15) is 9.47 Å². The van der Waals surface area contributed by atoms with Gasteiger partial charge in [0.1, 0.15) is 23.3 Å². The van der Waals surface area contributed by atoms with Crippen LogP contribution in [0.4, 0.5) is 11.6 Å². The van der Waals surface area contributed by atoms with E-state index in [-0.39, 0.29) is 5.54 Å². The average molecular weight is 470 g/mol. The van der Waals surface area contributed by atoms with Crippen molar-refractivity contribution < 1.29 is 4.21 Å². The molecule has 3 heterocycles. The molecule has 1 unspecified atom stereocenters. The topological polar surface area (TPSA) is 139 Å². The number of anilines is 2. The minimum Gasteiger partial charge on any atom is -0.382 e. The minimum absolute atomic E-state index is 0.0341. The second kappa shape index (κ2) is 9.49. The first-order valence-electron chi connectivity index (χ1n) is 11.3. The molecule has 0 radical (unpaired) electrons. The van der Waals surface area contributed by atoms with Gasteiger partial charge in [-0.2, -0.15) is 20.0 Å². The van der Waals surface area contributed by atoms with Gasteiger partial charge in [0.05, 0.1) is 16.9 Å². The van der Waals surface area contributed by atoms with Crippen molar-refractivity contribution in [1.29, 1.82) is 5.26 Å². The number of nitrogens with one attached hydrogen (secondary N) is 2. The number of fused-ring (bicyclic) bond motifs is 1. The summed E-state index contributed by atoms with van der Waals surface area (Å²) in [4.78, 5) is 4.67. The highest BCUT2D eigenvalue weighted by molar-refractivity contribution is 7.84. The molecule has 33 heavy (non-hydrogen) atoms. The molecule has 0 spiro atoms. The fraction of sp³-hybridized carbons (Fsp3) is 0.545. The van der Waals surface area contributed by atoms with Crippen LogP contribution in [0.3, 0.4) is 0 Å². The van der Waals surface area contributed by atoms with Crippen molar-refractivity contribution in [1.82, 2.24) is 29.7 Å². The van der Waals surface area contributed by atoms with E-state index in [0.717, 1.165) is 49.3 Å². The van der Waals surface area contributed by atoms with E-state index >= 15 is 0 Å². The summed E-state index contributed by atoms with van der Waals surface area (Å²) in [6.07, 6.45) is 7.43. The van der Waals surface area contributed by atoms with E-state index in [0.29, 0.717) is 41.6 Å². The van der Waals surface area contributed by atoms with Crippen molar-refractivity contribution in [3.05, 3.63) is 34.8 Å². The standard InChI is InChI=1S/C22H31N9OS/c1-4-17-15(2)28-31-19(24)18(13-23)20(27-21(17)31)26-9-5-16-6-11-30(29-16)22(7-8-22)14-25-10-12-33(3)32/h6,11,25H,4-5,7-10,12,14,24H2,1-3H3,(H,26,27). The third-order valence-corrected chi connectivity index (χ3v) is 6.99. The molecule has 3 aromatic heterocycles. The van der Waals surface area contributed by atoms with Gasteiger partial charge in [-0.05, 0) is 32.3 Å². The lowest BCUT2D eigenvalue weighted by molar-refractivity contribution is 0.404. The highest BCUT2D eigenvalue weighted by atomic mass is 32.2. The zero-order valence-corrected chi connectivity index (χ0v) is 20.2. The summed E-state index contributed by atoms with van der Waals surface area (Å²) in [5.74, 6) is 1.44. The quantitative estimate of drug-likeness (QED) is 0.358. The predicted molar refractivity (Wildman–Crippen MR) is 130 cm³/mol. The highest BCUT2D eigenvalue weighted by Gasteiger charge is 2.44. The molecule has 4 N–H and O–H groups in total. The lowest BCUT2D eigenvalue weighted by Gasteiger charge is -2.16. The van der Waals surface area contributed by atoms with Gasteiger partial charge in [0.2, 0.25) is 0 Å². The Morgan fingerprint density at radius 3 is 2.79 bits per heavy atom. The molecule has 1 aliphatic carbocycles. The van der Waals surface area contributed by atoms with Crippen LogP contribution in [-0.2, 0) is 29.2 Å². The van der Waals surface area contributed by atoms with E-state index in [1.807, 2.05) is 19.2 Å². The normalized spacial score (nSPS) is 15.5. The molecule has 10 nitrogen and oxygen atoms in total. The van der Waals surface area contributed by atoms with Crippen molar-refractivity contribution in [2.24, 2.45) is 0 Å². The Bertz CT molecular complexity index is 1220. The molecule has 11 heteroatoms. The third-order valence-electron chi connectivity index (χ3n) is 6.21. The van der Waals surface area contributed by atoms with Gasteiger partial charge >= 0.3 is 0 Å². The summed E-state index contributed by atoms with van der Waals surface area (Å²) in [6, 6.07) is 4.19. The second-order valence-electron chi connectivity index (χ2n) is 8.59. The van der Waals surface area contributed by atoms with Gasteiger partial charge in [0, 0.05) is 60.6 Å². The molecular formula is C22H31N9OS. The Balaban J connectivity index is 1.41. The van der Waals surface area contributed by atoms with Crippen molar-refractivity contribution in [2.75, 3.05) is 42.7 Å².